The van der Waals surface area contributed by atoms with Gasteiger partial charge in [-0.15, -0.1) is 0 Å². The van der Waals surface area contributed by atoms with Gasteiger partial charge >= 0.3 is 0 Å². The summed E-state index contributed by atoms with van der Waals surface area (Å²) in [6.07, 6.45) is 1.52. The van der Waals surface area contributed by atoms with Crippen molar-refractivity contribution >= 4 is 46.4 Å². The van der Waals surface area contributed by atoms with Gasteiger partial charge in [0.1, 0.15) is 5.82 Å². The predicted molar refractivity (Wildman–Crippen MR) is 117 cm³/mol. The first-order valence-electron chi connectivity index (χ1n) is 9.40. The van der Waals surface area contributed by atoms with Crippen LogP contribution in [0.4, 0.5) is 15.8 Å². The van der Waals surface area contributed by atoms with Gasteiger partial charge in [-0.05, 0) is 73.0 Å². The average molecular weight is 443 g/mol. The Morgan fingerprint density at radius 1 is 0.967 bits per heavy atom. The number of nitrogens with zero attached hydrogens (tertiary/aromatic N) is 1. The Labute approximate surface area is 183 Å². The van der Waals surface area contributed by atoms with Crippen LogP contribution in [-0.2, 0) is 6.42 Å². The molecule has 3 aromatic rings. The number of carbonyl (C=O) groups excluding carboxylic acids is 2. The summed E-state index contributed by atoms with van der Waals surface area (Å²) in [5.74, 6) is -0.899. The van der Waals surface area contributed by atoms with Crippen molar-refractivity contribution in [3.05, 3.63) is 93.2 Å². The van der Waals surface area contributed by atoms with E-state index in [4.69, 9.17) is 23.2 Å². The highest BCUT2D eigenvalue weighted by Crippen LogP contribution is 2.32. The van der Waals surface area contributed by atoms with E-state index in [0.29, 0.717) is 28.4 Å². The number of aryl methyl sites for hydroxylation is 1. The monoisotopic (exact) mass is 442 g/mol. The van der Waals surface area contributed by atoms with Crippen molar-refractivity contribution in [1.29, 1.82) is 0 Å². The summed E-state index contributed by atoms with van der Waals surface area (Å²) in [6.45, 7) is 0.562. The third-order valence-corrected chi connectivity index (χ3v) is 5.82. The molecule has 4 nitrogen and oxygen atoms in total. The second-order valence-corrected chi connectivity index (χ2v) is 7.75. The van der Waals surface area contributed by atoms with Crippen molar-refractivity contribution in [2.24, 2.45) is 0 Å². The molecule has 0 aromatic heterocycles. The summed E-state index contributed by atoms with van der Waals surface area (Å²) in [6, 6.07) is 15.7. The zero-order chi connectivity index (χ0) is 21.3. The van der Waals surface area contributed by atoms with Crippen LogP contribution in [0.15, 0.2) is 60.7 Å². The van der Waals surface area contributed by atoms with Gasteiger partial charge in [0.05, 0.1) is 15.7 Å². The molecular formula is C23H17Cl2FN2O2. The first-order valence-corrected chi connectivity index (χ1v) is 10.2. The van der Waals surface area contributed by atoms with Gasteiger partial charge in [0.25, 0.3) is 11.8 Å². The number of nitrogens with one attached hydrogen (secondary N) is 1. The minimum absolute atomic E-state index is 0.195. The van der Waals surface area contributed by atoms with Gasteiger partial charge in [-0.25, -0.2) is 4.39 Å². The van der Waals surface area contributed by atoms with Crippen LogP contribution in [0.2, 0.25) is 10.0 Å². The van der Waals surface area contributed by atoms with Crippen molar-refractivity contribution in [3.63, 3.8) is 0 Å². The topological polar surface area (TPSA) is 49.4 Å². The van der Waals surface area contributed by atoms with Crippen LogP contribution >= 0.6 is 23.2 Å². The fourth-order valence-electron chi connectivity index (χ4n) is 3.49. The van der Waals surface area contributed by atoms with Crippen LogP contribution in [0, 0.1) is 5.82 Å². The smallest absolute Gasteiger partial charge is 0.258 e. The molecule has 0 bridgehead atoms. The van der Waals surface area contributed by atoms with Gasteiger partial charge in [-0.3, -0.25) is 9.59 Å². The third kappa shape index (κ3) is 4.04. The Hall–Kier alpha value is -2.89. The number of carbonyl (C=O) groups is 2. The van der Waals surface area contributed by atoms with E-state index in [1.54, 1.807) is 41.3 Å². The summed E-state index contributed by atoms with van der Waals surface area (Å²) >= 11 is 12.1. The normalized spacial score (nSPS) is 13.0. The molecule has 7 heteroatoms. The molecule has 0 fully saturated rings. The van der Waals surface area contributed by atoms with E-state index < -0.39 is 0 Å². The number of hydrogen-bond donors (Lipinski definition) is 1. The lowest BCUT2D eigenvalue weighted by atomic mass is 9.98. The van der Waals surface area contributed by atoms with Crippen molar-refractivity contribution in [2.75, 3.05) is 16.8 Å². The Kier molecular flexibility index (Phi) is 5.75. The molecular weight excluding hydrogens is 426 g/mol. The second-order valence-electron chi connectivity index (χ2n) is 6.97. The molecule has 0 aliphatic carbocycles. The molecule has 0 saturated carbocycles. The summed E-state index contributed by atoms with van der Waals surface area (Å²) in [4.78, 5) is 27.3. The highest BCUT2D eigenvalue weighted by atomic mass is 35.5. The predicted octanol–water partition coefficient (Wildman–Crippen LogP) is 5.98. The summed E-state index contributed by atoms with van der Waals surface area (Å²) in [5.41, 5.74) is 2.97. The number of hydrogen-bond acceptors (Lipinski definition) is 2. The van der Waals surface area contributed by atoms with Gasteiger partial charge in [0, 0.05) is 23.4 Å². The van der Waals surface area contributed by atoms with Gasteiger partial charge in [-0.1, -0.05) is 29.3 Å². The van der Waals surface area contributed by atoms with Gasteiger partial charge in [0.2, 0.25) is 0 Å². The molecule has 0 radical (unpaired) electrons. The average Bonchev–Trinajstić information content (AvgIpc) is 2.76. The molecule has 1 aliphatic rings. The fraction of sp³-hybridized carbons (Fsp3) is 0.130. The Balaban J connectivity index is 1.58. The molecule has 0 spiro atoms. The molecule has 0 unspecified atom stereocenters. The number of rotatable bonds is 3. The summed E-state index contributed by atoms with van der Waals surface area (Å²) < 4.78 is 13.2. The van der Waals surface area contributed by atoms with E-state index in [1.807, 2.05) is 0 Å². The number of anilines is 2. The second kappa shape index (κ2) is 8.46. The highest BCUT2D eigenvalue weighted by Gasteiger charge is 2.24. The lowest BCUT2D eigenvalue weighted by Gasteiger charge is -2.30. The standard InChI is InChI=1S/C23H17Cl2FN2O2/c24-18-4-1-5-19(21(18)25)27-22(29)16-8-11-20-15(13-16)3-2-12-28(20)23(30)14-6-9-17(26)10-7-14/h1,4-11,13H,2-3,12H2,(H,27,29). The molecule has 1 aliphatic heterocycles. The number of halogens is 3. The van der Waals surface area contributed by atoms with Crippen molar-refractivity contribution in [2.45, 2.75) is 12.8 Å². The molecule has 3 aromatic carbocycles. The van der Waals surface area contributed by atoms with E-state index in [2.05, 4.69) is 5.32 Å². The Morgan fingerprint density at radius 3 is 2.47 bits per heavy atom. The van der Waals surface area contributed by atoms with Gasteiger partial charge in [-0.2, -0.15) is 0 Å². The Morgan fingerprint density at radius 2 is 1.70 bits per heavy atom. The minimum atomic E-state index is -0.388. The lowest BCUT2D eigenvalue weighted by molar-refractivity contribution is 0.0984. The highest BCUT2D eigenvalue weighted by molar-refractivity contribution is 6.44. The van der Waals surface area contributed by atoms with Gasteiger partial charge < -0.3 is 10.2 Å². The Bertz CT molecular complexity index is 1130. The molecule has 30 heavy (non-hydrogen) atoms. The molecule has 152 valence electrons. The van der Waals surface area contributed by atoms with E-state index in [-0.39, 0.29) is 22.7 Å². The minimum Gasteiger partial charge on any atom is -0.321 e. The molecule has 0 atom stereocenters. The van der Waals surface area contributed by atoms with E-state index in [0.717, 1.165) is 24.1 Å². The first kappa shape index (κ1) is 20.4. The van der Waals surface area contributed by atoms with E-state index in [1.165, 1.54) is 24.3 Å². The quantitative estimate of drug-likeness (QED) is 0.542. The maximum absolute atomic E-state index is 13.2. The van der Waals surface area contributed by atoms with Crippen molar-refractivity contribution in [1.82, 2.24) is 0 Å². The number of amides is 2. The van der Waals surface area contributed by atoms with Crippen LogP contribution in [0.25, 0.3) is 0 Å². The SMILES string of the molecule is O=C(Nc1cccc(Cl)c1Cl)c1ccc2c(c1)CCCN2C(=O)c1ccc(F)cc1. The summed E-state index contributed by atoms with van der Waals surface area (Å²) in [5, 5.41) is 3.40. The first-order chi connectivity index (χ1) is 14.4. The largest absolute Gasteiger partial charge is 0.321 e. The zero-order valence-corrected chi connectivity index (χ0v) is 17.3. The fourth-order valence-corrected chi connectivity index (χ4v) is 3.84. The van der Waals surface area contributed by atoms with Crippen LogP contribution in [0.1, 0.15) is 32.7 Å². The van der Waals surface area contributed by atoms with Crippen molar-refractivity contribution in [3.8, 4) is 0 Å². The number of fused-ring (bicyclic) bond motifs is 1. The molecule has 0 saturated heterocycles. The van der Waals surface area contributed by atoms with Crippen LogP contribution in [0.5, 0.6) is 0 Å². The van der Waals surface area contributed by atoms with Crippen LogP contribution in [-0.4, -0.2) is 18.4 Å². The lowest BCUT2D eigenvalue weighted by Crippen LogP contribution is -2.35. The maximum Gasteiger partial charge on any atom is 0.258 e. The number of benzene rings is 3. The van der Waals surface area contributed by atoms with Crippen LogP contribution in [0.3, 0.4) is 0 Å². The van der Waals surface area contributed by atoms with Crippen molar-refractivity contribution < 1.29 is 14.0 Å². The van der Waals surface area contributed by atoms with E-state index >= 15 is 0 Å². The third-order valence-electron chi connectivity index (χ3n) is 5.00. The van der Waals surface area contributed by atoms with Crippen LogP contribution < -0.4 is 10.2 Å². The van der Waals surface area contributed by atoms with E-state index in [9.17, 15) is 14.0 Å². The molecule has 1 heterocycles. The zero-order valence-electron chi connectivity index (χ0n) is 15.8. The van der Waals surface area contributed by atoms with Gasteiger partial charge in [0.15, 0.2) is 0 Å². The molecule has 1 N–H and O–H groups in total. The molecule has 4 rings (SSSR count). The maximum atomic E-state index is 13.2. The molecule has 2 amide bonds. The summed E-state index contributed by atoms with van der Waals surface area (Å²) in [7, 11) is 0.